The Morgan fingerprint density at radius 3 is 2.41 bits per heavy atom. The zero-order valence-corrected chi connectivity index (χ0v) is 15.8. The SMILES string of the molecule is O=C(CSc1ccccc1)N1CCC(c2nc(-c3ccccc3)no2)CC1. The van der Waals surface area contributed by atoms with Gasteiger partial charge in [0.05, 0.1) is 5.75 Å². The molecule has 1 amide bonds. The van der Waals surface area contributed by atoms with Gasteiger partial charge in [-0.1, -0.05) is 53.7 Å². The molecule has 2 aromatic carbocycles. The summed E-state index contributed by atoms with van der Waals surface area (Å²) in [4.78, 5) is 20.1. The van der Waals surface area contributed by atoms with Crippen LogP contribution < -0.4 is 0 Å². The summed E-state index contributed by atoms with van der Waals surface area (Å²) in [7, 11) is 0. The number of hydrogen-bond donors (Lipinski definition) is 0. The summed E-state index contributed by atoms with van der Waals surface area (Å²) >= 11 is 1.59. The van der Waals surface area contributed by atoms with Crippen LogP contribution in [0.1, 0.15) is 24.7 Å². The van der Waals surface area contributed by atoms with Gasteiger partial charge < -0.3 is 9.42 Å². The highest BCUT2D eigenvalue weighted by molar-refractivity contribution is 8.00. The van der Waals surface area contributed by atoms with Crippen molar-refractivity contribution in [2.24, 2.45) is 0 Å². The fourth-order valence-corrected chi connectivity index (χ4v) is 4.06. The van der Waals surface area contributed by atoms with Crippen molar-refractivity contribution in [1.82, 2.24) is 15.0 Å². The molecule has 0 atom stereocenters. The zero-order chi connectivity index (χ0) is 18.5. The third-order valence-corrected chi connectivity index (χ3v) is 5.77. The average Bonchev–Trinajstić information content (AvgIpc) is 3.24. The molecule has 1 saturated heterocycles. The van der Waals surface area contributed by atoms with Crippen LogP contribution in [-0.2, 0) is 4.79 Å². The molecule has 0 radical (unpaired) electrons. The summed E-state index contributed by atoms with van der Waals surface area (Å²) < 4.78 is 5.49. The van der Waals surface area contributed by atoms with Gasteiger partial charge in [0.25, 0.3) is 0 Å². The Morgan fingerprint density at radius 2 is 1.70 bits per heavy atom. The topological polar surface area (TPSA) is 59.2 Å². The second-order valence-corrected chi connectivity index (χ2v) is 7.63. The quantitative estimate of drug-likeness (QED) is 0.621. The van der Waals surface area contributed by atoms with Gasteiger partial charge in [0, 0.05) is 29.5 Å². The number of carbonyl (C=O) groups excluding carboxylic acids is 1. The molecular weight excluding hydrogens is 358 g/mol. The monoisotopic (exact) mass is 379 g/mol. The first kappa shape index (κ1) is 17.8. The third kappa shape index (κ3) is 4.39. The van der Waals surface area contributed by atoms with Gasteiger partial charge in [-0.2, -0.15) is 4.98 Å². The normalized spacial score (nSPS) is 15.0. The van der Waals surface area contributed by atoms with Gasteiger partial charge in [-0.3, -0.25) is 4.79 Å². The van der Waals surface area contributed by atoms with E-state index in [1.807, 2.05) is 65.6 Å². The van der Waals surface area contributed by atoms with E-state index in [0.29, 0.717) is 17.5 Å². The highest BCUT2D eigenvalue weighted by atomic mass is 32.2. The minimum Gasteiger partial charge on any atom is -0.342 e. The summed E-state index contributed by atoms with van der Waals surface area (Å²) in [6.45, 7) is 1.48. The fourth-order valence-electron chi connectivity index (χ4n) is 3.23. The molecule has 0 saturated carbocycles. The van der Waals surface area contributed by atoms with Crippen LogP contribution in [0.2, 0.25) is 0 Å². The lowest BCUT2D eigenvalue weighted by Crippen LogP contribution is -2.39. The van der Waals surface area contributed by atoms with E-state index in [-0.39, 0.29) is 11.8 Å². The Kier molecular flexibility index (Phi) is 5.53. The average molecular weight is 379 g/mol. The maximum Gasteiger partial charge on any atom is 0.232 e. The molecular formula is C21H21N3O2S. The van der Waals surface area contributed by atoms with Crippen LogP contribution in [0, 0.1) is 0 Å². The number of aromatic nitrogens is 2. The Labute approximate surface area is 162 Å². The summed E-state index contributed by atoms with van der Waals surface area (Å²) in [5, 5.41) is 4.11. The van der Waals surface area contributed by atoms with E-state index in [1.54, 1.807) is 11.8 Å². The van der Waals surface area contributed by atoms with Crippen LogP contribution in [-0.4, -0.2) is 39.8 Å². The van der Waals surface area contributed by atoms with Crippen molar-refractivity contribution >= 4 is 17.7 Å². The molecule has 27 heavy (non-hydrogen) atoms. The van der Waals surface area contributed by atoms with Crippen LogP contribution in [0.4, 0.5) is 0 Å². The summed E-state index contributed by atoms with van der Waals surface area (Å²) in [6, 6.07) is 19.9. The standard InChI is InChI=1S/C21H21N3O2S/c25-19(15-27-18-9-5-2-6-10-18)24-13-11-17(12-14-24)21-22-20(23-26-21)16-7-3-1-4-8-16/h1-10,17H,11-15H2. The largest absolute Gasteiger partial charge is 0.342 e. The highest BCUT2D eigenvalue weighted by Crippen LogP contribution is 2.29. The minimum atomic E-state index is 0.192. The number of benzene rings is 2. The fraction of sp³-hybridized carbons (Fsp3) is 0.286. The molecule has 1 aliphatic rings. The molecule has 5 nitrogen and oxygen atoms in total. The van der Waals surface area contributed by atoms with Gasteiger partial charge in [0.2, 0.25) is 17.6 Å². The van der Waals surface area contributed by atoms with E-state index in [9.17, 15) is 4.79 Å². The second kappa shape index (κ2) is 8.39. The van der Waals surface area contributed by atoms with Crippen LogP contribution in [0.3, 0.4) is 0 Å². The molecule has 0 aliphatic carbocycles. The first-order chi connectivity index (χ1) is 13.3. The predicted octanol–water partition coefficient (Wildman–Crippen LogP) is 4.23. The van der Waals surface area contributed by atoms with Crippen molar-refractivity contribution in [1.29, 1.82) is 0 Å². The number of likely N-dealkylation sites (tertiary alicyclic amines) is 1. The lowest BCUT2D eigenvalue weighted by Gasteiger charge is -2.30. The number of rotatable bonds is 5. The molecule has 4 rings (SSSR count). The highest BCUT2D eigenvalue weighted by Gasteiger charge is 2.27. The Balaban J connectivity index is 1.30. The van der Waals surface area contributed by atoms with Gasteiger partial charge >= 0.3 is 0 Å². The van der Waals surface area contributed by atoms with Crippen LogP contribution in [0.5, 0.6) is 0 Å². The molecule has 0 N–H and O–H groups in total. The van der Waals surface area contributed by atoms with Crippen molar-refractivity contribution in [2.75, 3.05) is 18.8 Å². The molecule has 138 valence electrons. The molecule has 1 fully saturated rings. The minimum absolute atomic E-state index is 0.192. The summed E-state index contributed by atoms with van der Waals surface area (Å²) in [5.74, 6) is 2.20. The number of carbonyl (C=O) groups is 1. The number of piperidine rings is 1. The van der Waals surface area contributed by atoms with Gasteiger partial charge in [-0.25, -0.2) is 0 Å². The van der Waals surface area contributed by atoms with Gasteiger partial charge in [0.1, 0.15) is 0 Å². The maximum atomic E-state index is 12.5. The van der Waals surface area contributed by atoms with E-state index in [2.05, 4.69) is 10.1 Å². The lowest BCUT2D eigenvalue weighted by atomic mass is 9.97. The first-order valence-corrected chi connectivity index (χ1v) is 10.1. The molecule has 2 heterocycles. The zero-order valence-electron chi connectivity index (χ0n) is 15.0. The predicted molar refractivity (Wildman–Crippen MR) is 105 cm³/mol. The van der Waals surface area contributed by atoms with Crippen molar-refractivity contribution in [3.05, 3.63) is 66.6 Å². The Hall–Kier alpha value is -2.60. The number of amides is 1. The summed E-state index contributed by atoms with van der Waals surface area (Å²) in [5.41, 5.74) is 0.957. The molecule has 0 unspecified atom stereocenters. The Morgan fingerprint density at radius 1 is 1.04 bits per heavy atom. The first-order valence-electron chi connectivity index (χ1n) is 9.14. The van der Waals surface area contributed by atoms with E-state index < -0.39 is 0 Å². The molecule has 1 aliphatic heterocycles. The van der Waals surface area contributed by atoms with Crippen molar-refractivity contribution in [3.63, 3.8) is 0 Å². The van der Waals surface area contributed by atoms with Crippen molar-refractivity contribution in [2.45, 2.75) is 23.7 Å². The van der Waals surface area contributed by atoms with Crippen LogP contribution in [0.15, 0.2) is 70.1 Å². The molecule has 0 spiro atoms. The molecule has 3 aromatic rings. The molecule has 6 heteroatoms. The van der Waals surface area contributed by atoms with Crippen molar-refractivity contribution in [3.8, 4) is 11.4 Å². The van der Waals surface area contributed by atoms with E-state index in [1.165, 1.54) is 0 Å². The second-order valence-electron chi connectivity index (χ2n) is 6.58. The van der Waals surface area contributed by atoms with Crippen LogP contribution >= 0.6 is 11.8 Å². The number of hydrogen-bond acceptors (Lipinski definition) is 5. The molecule has 1 aromatic heterocycles. The van der Waals surface area contributed by atoms with E-state index >= 15 is 0 Å². The van der Waals surface area contributed by atoms with Gasteiger partial charge in [0.15, 0.2) is 0 Å². The number of thioether (sulfide) groups is 1. The van der Waals surface area contributed by atoms with Crippen LogP contribution in [0.25, 0.3) is 11.4 Å². The smallest absolute Gasteiger partial charge is 0.232 e. The van der Waals surface area contributed by atoms with Crippen molar-refractivity contribution < 1.29 is 9.32 Å². The molecule has 0 bridgehead atoms. The number of nitrogens with zero attached hydrogens (tertiary/aromatic N) is 3. The summed E-state index contributed by atoms with van der Waals surface area (Å²) in [6.07, 6.45) is 1.72. The van der Waals surface area contributed by atoms with Gasteiger partial charge in [-0.05, 0) is 25.0 Å². The third-order valence-electron chi connectivity index (χ3n) is 4.78. The maximum absolute atomic E-state index is 12.5. The van der Waals surface area contributed by atoms with E-state index in [4.69, 9.17) is 4.52 Å². The van der Waals surface area contributed by atoms with Gasteiger partial charge in [-0.15, -0.1) is 11.8 Å². The Bertz CT molecular complexity index is 875. The lowest BCUT2D eigenvalue weighted by molar-refractivity contribution is -0.129. The van der Waals surface area contributed by atoms with E-state index in [0.717, 1.165) is 36.4 Å².